The highest BCUT2D eigenvalue weighted by Gasteiger charge is 2.45. The topological polar surface area (TPSA) is 80.1 Å². The standard InChI is InChI=1S/C14H23N5O2/c1-9(2)6-19-11(15-8-16-19)7-18-12(20)10(3)17-13(21)14(18,4)5/h8-10H,6-7H2,1-5H3,(H,17,21). The highest BCUT2D eigenvalue weighted by molar-refractivity contribution is 5.98. The van der Waals surface area contributed by atoms with E-state index in [-0.39, 0.29) is 18.4 Å². The fourth-order valence-electron chi connectivity index (χ4n) is 2.39. The maximum atomic E-state index is 12.4. The summed E-state index contributed by atoms with van der Waals surface area (Å²) in [6.45, 7) is 10.4. The van der Waals surface area contributed by atoms with Crippen molar-refractivity contribution in [1.29, 1.82) is 0 Å². The van der Waals surface area contributed by atoms with Crippen molar-refractivity contribution in [3.8, 4) is 0 Å². The molecule has 7 heteroatoms. The number of nitrogens with zero attached hydrogens (tertiary/aromatic N) is 4. The lowest BCUT2D eigenvalue weighted by atomic mass is 9.96. The smallest absolute Gasteiger partial charge is 0.246 e. The summed E-state index contributed by atoms with van der Waals surface area (Å²) in [5.41, 5.74) is -0.891. The average molecular weight is 293 g/mol. The van der Waals surface area contributed by atoms with E-state index in [1.54, 1.807) is 30.4 Å². The second kappa shape index (κ2) is 5.46. The van der Waals surface area contributed by atoms with Gasteiger partial charge in [0.2, 0.25) is 11.8 Å². The van der Waals surface area contributed by atoms with E-state index in [0.717, 1.165) is 6.54 Å². The lowest BCUT2D eigenvalue weighted by Crippen LogP contribution is -2.67. The molecular weight excluding hydrogens is 270 g/mol. The van der Waals surface area contributed by atoms with Gasteiger partial charge in [-0.1, -0.05) is 13.8 Å². The molecule has 0 aromatic carbocycles. The van der Waals surface area contributed by atoms with Gasteiger partial charge in [0.05, 0.1) is 6.54 Å². The van der Waals surface area contributed by atoms with E-state index < -0.39 is 11.6 Å². The van der Waals surface area contributed by atoms with Crippen LogP contribution >= 0.6 is 0 Å². The molecule has 1 N–H and O–H groups in total. The Hall–Kier alpha value is -1.92. The first-order valence-corrected chi connectivity index (χ1v) is 7.22. The van der Waals surface area contributed by atoms with Gasteiger partial charge in [0, 0.05) is 6.54 Å². The van der Waals surface area contributed by atoms with Crippen molar-refractivity contribution in [2.75, 3.05) is 0 Å². The third-order valence-corrected chi connectivity index (χ3v) is 3.75. The highest BCUT2D eigenvalue weighted by Crippen LogP contribution is 2.23. The van der Waals surface area contributed by atoms with E-state index in [0.29, 0.717) is 11.7 Å². The lowest BCUT2D eigenvalue weighted by Gasteiger charge is -2.43. The highest BCUT2D eigenvalue weighted by atomic mass is 16.2. The molecular formula is C14H23N5O2. The molecule has 2 heterocycles. The molecule has 116 valence electrons. The van der Waals surface area contributed by atoms with Crippen LogP contribution in [0.3, 0.4) is 0 Å². The monoisotopic (exact) mass is 293 g/mol. The lowest BCUT2D eigenvalue weighted by molar-refractivity contribution is -0.155. The predicted molar refractivity (Wildman–Crippen MR) is 77.1 cm³/mol. The minimum absolute atomic E-state index is 0.0984. The Bertz CT molecular complexity index is 549. The predicted octanol–water partition coefficient (Wildman–Crippen LogP) is 0.560. The van der Waals surface area contributed by atoms with Crippen LogP contribution in [0.2, 0.25) is 0 Å². The summed E-state index contributed by atoms with van der Waals surface area (Å²) < 4.78 is 1.80. The Balaban J connectivity index is 2.26. The van der Waals surface area contributed by atoms with Crippen molar-refractivity contribution < 1.29 is 9.59 Å². The molecule has 2 amide bonds. The van der Waals surface area contributed by atoms with Crippen molar-refractivity contribution in [1.82, 2.24) is 25.0 Å². The number of carbonyl (C=O) groups excluding carboxylic acids is 2. The van der Waals surface area contributed by atoms with Gasteiger partial charge >= 0.3 is 0 Å². The fourth-order valence-corrected chi connectivity index (χ4v) is 2.39. The SMILES string of the molecule is CC(C)Cn1ncnc1CN1C(=O)C(C)NC(=O)C1(C)C. The van der Waals surface area contributed by atoms with Gasteiger partial charge in [0.15, 0.2) is 0 Å². The quantitative estimate of drug-likeness (QED) is 0.879. The molecule has 1 aromatic rings. The number of amides is 2. The number of nitrogens with one attached hydrogen (secondary N) is 1. The Morgan fingerprint density at radius 1 is 1.38 bits per heavy atom. The minimum atomic E-state index is -0.891. The van der Waals surface area contributed by atoms with Gasteiger partial charge in [-0.25, -0.2) is 9.67 Å². The molecule has 1 saturated heterocycles. The summed E-state index contributed by atoms with van der Waals surface area (Å²) in [7, 11) is 0. The minimum Gasteiger partial charge on any atom is -0.343 e. The van der Waals surface area contributed by atoms with Crippen LogP contribution in [0.25, 0.3) is 0 Å². The fraction of sp³-hybridized carbons (Fsp3) is 0.714. The van der Waals surface area contributed by atoms with Crippen molar-refractivity contribution in [3.63, 3.8) is 0 Å². The third-order valence-electron chi connectivity index (χ3n) is 3.75. The van der Waals surface area contributed by atoms with Crippen LogP contribution in [0.1, 0.15) is 40.4 Å². The first-order chi connectivity index (χ1) is 9.73. The van der Waals surface area contributed by atoms with Crippen molar-refractivity contribution in [3.05, 3.63) is 12.2 Å². The summed E-state index contributed by atoms with van der Waals surface area (Å²) in [6.07, 6.45) is 1.49. The van der Waals surface area contributed by atoms with Gasteiger partial charge in [0.1, 0.15) is 23.7 Å². The van der Waals surface area contributed by atoms with Crippen molar-refractivity contribution in [2.45, 2.75) is 59.3 Å². The van der Waals surface area contributed by atoms with E-state index in [1.807, 2.05) is 0 Å². The summed E-state index contributed by atoms with van der Waals surface area (Å²) in [5.74, 6) is 0.882. The zero-order valence-corrected chi connectivity index (χ0v) is 13.3. The van der Waals surface area contributed by atoms with Crippen LogP contribution in [0, 0.1) is 5.92 Å². The van der Waals surface area contributed by atoms with Crippen LogP contribution in [0.15, 0.2) is 6.33 Å². The van der Waals surface area contributed by atoms with Gasteiger partial charge in [-0.2, -0.15) is 5.10 Å². The van der Waals surface area contributed by atoms with Crippen molar-refractivity contribution in [2.24, 2.45) is 5.92 Å². The number of rotatable bonds is 4. The van der Waals surface area contributed by atoms with Crippen LogP contribution in [-0.4, -0.2) is 43.1 Å². The molecule has 7 nitrogen and oxygen atoms in total. The Kier molecular flexibility index (Phi) is 4.02. The molecule has 21 heavy (non-hydrogen) atoms. The maximum Gasteiger partial charge on any atom is 0.246 e. The van der Waals surface area contributed by atoms with E-state index in [4.69, 9.17) is 0 Å². The first-order valence-electron chi connectivity index (χ1n) is 7.22. The molecule has 1 aliphatic rings. The largest absolute Gasteiger partial charge is 0.343 e. The molecule has 1 unspecified atom stereocenters. The Labute approximate surface area is 124 Å². The average Bonchev–Trinajstić information content (AvgIpc) is 2.79. The van der Waals surface area contributed by atoms with Crippen molar-refractivity contribution >= 4 is 11.8 Å². The van der Waals surface area contributed by atoms with E-state index in [2.05, 4.69) is 29.2 Å². The zero-order valence-electron chi connectivity index (χ0n) is 13.3. The van der Waals surface area contributed by atoms with E-state index in [9.17, 15) is 9.59 Å². The Morgan fingerprint density at radius 2 is 2.05 bits per heavy atom. The summed E-state index contributed by atoms with van der Waals surface area (Å²) in [4.78, 5) is 30.3. The van der Waals surface area contributed by atoms with Crippen LogP contribution in [0.5, 0.6) is 0 Å². The zero-order chi connectivity index (χ0) is 15.8. The van der Waals surface area contributed by atoms with Gasteiger partial charge in [-0.3, -0.25) is 9.59 Å². The summed E-state index contributed by atoms with van der Waals surface area (Å²) in [5, 5.41) is 6.90. The van der Waals surface area contributed by atoms with Crippen LogP contribution < -0.4 is 5.32 Å². The van der Waals surface area contributed by atoms with Gasteiger partial charge in [0.25, 0.3) is 0 Å². The Morgan fingerprint density at radius 3 is 2.67 bits per heavy atom. The molecule has 0 aliphatic carbocycles. The second-order valence-corrected chi connectivity index (χ2v) is 6.43. The number of aromatic nitrogens is 3. The molecule has 1 aliphatic heterocycles. The summed E-state index contributed by atoms with van der Waals surface area (Å²) in [6, 6.07) is -0.507. The molecule has 0 radical (unpaired) electrons. The number of hydrogen-bond acceptors (Lipinski definition) is 4. The maximum absolute atomic E-state index is 12.4. The van der Waals surface area contributed by atoms with E-state index in [1.165, 1.54) is 6.33 Å². The van der Waals surface area contributed by atoms with Crippen LogP contribution in [-0.2, 0) is 22.7 Å². The van der Waals surface area contributed by atoms with Gasteiger partial charge in [-0.15, -0.1) is 0 Å². The normalized spacial score (nSPS) is 21.8. The molecule has 0 spiro atoms. The van der Waals surface area contributed by atoms with E-state index >= 15 is 0 Å². The number of piperazine rings is 1. The number of hydrogen-bond donors (Lipinski definition) is 1. The van der Waals surface area contributed by atoms with Gasteiger partial charge < -0.3 is 10.2 Å². The molecule has 0 saturated carbocycles. The first kappa shape index (κ1) is 15.5. The van der Waals surface area contributed by atoms with Gasteiger partial charge in [-0.05, 0) is 26.7 Å². The molecule has 1 fully saturated rings. The second-order valence-electron chi connectivity index (χ2n) is 6.43. The van der Waals surface area contributed by atoms with Crippen LogP contribution in [0.4, 0.5) is 0 Å². The summed E-state index contributed by atoms with van der Waals surface area (Å²) >= 11 is 0. The molecule has 1 atom stereocenters. The number of carbonyl (C=O) groups is 2. The molecule has 2 rings (SSSR count). The molecule has 0 bridgehead atoms. The third kappa shape index (κ3) is 2.91. The molecule has 1 aromatic heterocycles.